The van der Waals surface area contributed by atoms with Crippen molar-refractivity contribution in [3.63, 3.8) is 0 Å². The maximum Gasteiger partial charge on any atom is 0.0297 e. The van der Waals surface area contributed by atoms with Crippen molar-refractivity contribution >= 4 is 22.5 Å². The lowest BCUT2D eigenvalue weighted by molar-refractivity contribution is 0.724. The third kappa shape index (κ3) is 2.37. The highest BCUT2D eigenvalue weighted by Crippen LogP contribution is 2.41. The first-order valence-corrected chi connectivity index (χ1v) is 9.10. The highest BCUT2D eigenvalue weighted by atomic mass is 32.2. The van der Waals surface area contributed by atoms with E-state index in [1.807, 2.05) is 0 Å². The summed E-state index contributed by atoms with van der Waals surface area (Å²) in [5, 5.41) is 3.60. The van der Waals surface area contributed by atoms with Crippen LogP contribution in [0.15, 0.2) is 36.4 Å². The van der Waals surface area contributed by atoms with E-state index in [2.05, 4.69) is 48.2 Å². The molecule has 2 aliphatic rings. The van der Waals surface area contributed by atoms with Crippen molar-refractivity contribution in [1.29, 1.82) is 0 Å². The minimum atomic E-state index is 0.744. The highest BCUT2D eigenvalue weighted by molar-refractivity contribution is 7.99. The Bertz CT molecular complexity index is 549. The van der Waals surface area contributed by atoms with Crippen LogP contribution in [0.4, 0.5) is 0 Å². The van der Waals surface area contributed by atoms with Gasteiger partial charge in [-0.25, -0.2) is 0 Å². The summed E-state index contributed by atoms with van der Waals surface area (Å²) in [6, 6.07) is 14.3. The van der Waals surface area contributed by atoms with E-state index in [0.717, 1.165) is 11.2 Å². The van der Waals surface area contributed by atoms with Crippen molar-refractivity contribution in [2.75, 3.05) is 5.75 Å². The molecule has 1 saturated heterocycles. The lowest BCUT2D eigenvalue weighted by atomic mass is 9.94. The van der Waals surface area contributed by atoms with Gasteiger partial charge in [0.1, 0.15) is 0 Å². The monoisotopic (exact) mass is 282 g/mol. The summed E-state index contributed by atoms with van der Waals surface area (Å²) in [7, 11) is 0. The van der Waals surface area contributed by atoms with Gasteiger partial charge in [-0.3, -0.25) is 0 Å². The van der Waals surface area contributed by atoms with Crippen molar-refractivity contribution < 1.29 is 0 Å². The fraction of sp³-hybridized carbons (Fsp3) is 0.474. The van der Waals surface area contributed by atoms with Gasteiger partial charge in [0.15, 0.2) is 0 Å². The Morgan fingerprint density at radius 3 is 2.15 bits per heavy atom. The zero-order valence-corrected chi connectivity index (χ0v) is 12.8. The van der Waals surface area contributed by atoms with Crippen LogP contribution < -0.4 is 0 Å². The fourth-order valence-corrected chi connectivity index (χ4v) is 5.13. The molecule has 1 heterocycles. The van der Waals surface area contributed by atoms with E-state index in [1.54, 1.807) is 5.56 Å². The molecule has 0 radical (unpaired) electrons. The van der Waals surface area contributed by atoms with Gasteiger partial charge in [-0.05, 0) is 59.3 Å². The van der Waals surface area contributed by atoms with E-state index in [0.29, 0.717) is 0 Å². The summed E-state index contributed by atoms with van der Waals surface area (Å²) >= 11 is 2.13. The molecule has 4 rings (SSSR count). The molecule has 1 aliphatic carbocycles. The van der Waals surface area contributed by atoms with Crippen LogP contribution in [0.3, 0.4) is 0 Å². The molecule has 2 aromatic carbocycles. The Kier molecular flexibility index (Phi) is 3.47. The van der Waals surface area contributed by atoms with Gasteiger partial charge in [-0.2, -0.15) is 11.8 Å². The molecule has 2 aromatic rings. The van der Waals surface area contributed by atoms with Gasteiger partial charge < -0.3 is 0 Å². The van der Waals surface area contributed by atoms with Gasteiger partial charge in [0.2, 0.25) is 0 Å². The van der Waals surface area contributed by atoms with Crippen LogP contribution in [-0.2, 0) is 0 Å². The number of benzene rings is 2. The smallest absolute Gasteiger partial charge is 0.0297 e. The average molecular weight is 282 g/mol. The molecule has 104 valence electrons. The largest absolute Gasteiger partial charge is 0.154 e. The van der Waals surface area contributed by atoms with Gasteiger partial charge >= 0.3 is 0 Å². The molecule has 0 nitrogen and oxygen atoms in total. The highest BCUT2D eigenvalue weighted by Gasteiger charge is 2.19. The van der Waals surface area contributed by atoms with Crippen molar-refractivity contribution in [2.24, 2.45) is 0 Å². The van der Waals surface area contributed by atoms with Gasteiger partial charge in [-0.15, -0.1) is 0 Å². The van der Waals surface area contributed by atoms with Crippen LogP contribution in [0.5, 0.6) is 0 Å². The van der Waals surface area contributed by atoms with Crippen LogP contribution in [0.2, 0.25) is 0 Å². The minimum absolute atomic E-state index is 0.744. The second-order valence-corrected chi connectivity index (χ2v) is 7.66. The summed E-state index contributed by atoms with van der Waals surface area (Å²) in [4.78, 5) is 0. The number of rotatable bonds is 2. The molecular formula is C19H22S. The Morgan fingerprint density at radius 1 is 0.750 bits per heavy atom. The quantitative estimate of drug-likeness (QED) is 0.644. The maximum atomic E-state index is 2.44. The van der Waals surface area contributed by atoms with Gasteiger partial charge in [-0.1, -0.05) is 49.2 Å². The molecule has 2 fully saturated rings. The second-order valence-electron chi connectivity index (χ2n) is 6.35. The summed E-state index contributed by atoms with van der Waals surface area (Å²) in [5.74, 6) is 2.16. The summed E-state index contributed by atoms with van der Waals surface area (Å²) in [5.41, 5.74) is 3.10. The Morgan fingerprint density at radius 2 is 1.45 bits per heavy atom. The first kappa shape index (κ1) is 12.8. The van der Waals surface area contributed by atoms with Crippen molar-refractivity contribution in [1.82, 2.24) is 0 Å². The Balaban J connectivity index is 1.67. The first-order chi connectivity index (χ1) is 9.90. The van der Waals surface area contributed by atoms with Crippen LogP contribution in [-0.4, -0.2) is 5.75 Å². The molecule has 0 aromatic heterocycles. The van der Waals surface area contributed by atoms with Crippen molar-refractivity contribution in [2.45, 2.75) is 49.7 Å². The molecular weight excluding hydrogens is 260 g/mol. The topological polar surface area (TPSA) is 0 Å². The second kappa shape index (κ2) is 5.44. The fourth-order valence-electron chi connectivity index (χ4n) is 3.84. The third-order valence-corrected chi connectivity index (χ3v) is 6.45. The molecule has 0 spiro atoms. The van der Waals surface area contributed by atoms with E-state index in [9.17, 15) is 0 Å². The summed E-state index contributed by atoms with van der Waals surface area (Å²) in [6.07, 6.45) is 8.36. The predicted octanol–water partition coefficient (Wildman–Crippen LogP) is 6.07. The first-order valence-electron chi connectivity index (χ1n) is 8.05. The summed E-state index contributed by atoms with van der Waals surface area (Å²) < 4.78 is 0. The molecule has 1 heteroatoms. The zero-order valence-electron chi connectivity index (χ0n) is 12.0. The predicted molar refractivity (Wildman–Crippen MR) is 89.6 cm³/mol. The van der Waals surface area contributed by atoms with E-state index < -0.39 is 0 Å². The maximum absolute atomic E-state index is 2.44. The SMILES string of the molecule is c1cc2cc(C3CCCS3)ccc2cc1C1CCCC1. The summed E-state index contributed by atoms with van der Waals surface area (Å²) in [6.45, 7) is 0. The number of thioether (sulfide) groups is 1. The van der Waals surface area contributed by atoms with Crippen molar-refractivity contribution in [3.8, 4) is 0 Å². The average Bonchev–Trinajstić information content (AvgIpc) is 3.19. The number of hydrogen-bond donors (Lipinski definition) is 0. The van der Waals surface area contributed by atoms with E-state index in [-0.39, 0.29) is 0 Å². The van der Waals surface area contributed by atoms with E-state index >= 15 is 0 Å². The number of hydrogen-bond acceptors (Lipinski definition) is 1. The van der Waals surface area contributed by atoms with Crippen LogP contribution in [0.25, 0.3) is 10.8 Å². The van der Waals surface area contributed by atoms with Gasteiger partial charge in [0.05, 0.1) is 0 Å². The molecule has 1 atom stereocenters. The third-order valence-electron chi connectivity index (χ3n) is 5.02. The molecule has 0 bridgehead atoms. The van der Waals surface area contributed by atoms with Crippen LogP contribution in [0.1, 0.15) is 60.8 Å². The standard InChI is InChI=1S/C19H22S/c1-2-5-14(4-1)15-7-8-17-13-18(10-9-16(17)12-15)19-6-3-11-20-19/h7-10,12-14,19H,1-6,11H2. The molecule has 20 heavy (non-hydrogen) atoms. The lowest BCUT2D eigenvalue weighted by Crippen LogP contribution is -1.93. The number of fused-ring (bicyclic) bond motifs is 1. The zero-order chi connectivity index (χ0) is 13.4. The van der Waals surface area contributed by atoms with Crippen LogP contribution in [0, 0.1) is 0 Å². The van der Waals surface area contributed by atoms with Crippen molar-refractivity contribution in [3.05, 3.63) is 47.5 Å². The molecule has 0 amide bonds. The van der Waals surface area contributed by atoms with E-state index in [4.69, 9.17) is 0 Å². The molecule has 1 unspecified atom stereocenters. The Hall–Kier alpha value is -0.950. The minimum Gasteiger partial charge on any atom is -0.154 e. The van der Waals surface area contributed by atoms with E-state index in [1.165, 1.54) is 60.6 Å². The molecule has 1 aliphatic heterocycles. The van der Waals surface area contributed by atoms with Crippen LogP contribution >= 0.6 is 11.8 Å². The molecule has 0 N–H and O–H groups in total. The lowest BCUT2D eigenvalue weighted by Gasteiger charge is -2.13. The molecule has 1 saturated carbocycles. The normalized spacial score (nSPS) is 23.7. The van der Waals surface area contributed by atoms with Gasteiger partial charge in [0.25, 0.3) is 0 Å². The Labute approximate surface area is 126 Å². The van der Waals surface area contributed by atoms with Gasteiger partial charge in [0, 0.05) is 5.25 Å².